The van der Waals surface area contributed by atoms with Crippen LogP contribution in [0.3, 0.4) is 0 Å². The Labute approximate surface area is 107 Å². The molecule has 1 aromatic carbocycles. The molecule has 0 aliphatic rings. The van der Waals surface area contributed by atoms with Crippen LogP contribution < -0.4 is 5.73 Å². The summed E-state index contributed by atoms with van der Waals surface area (Å²) in [4.78, 5) is 1.42. The number of nitrogens with two attached hydrogens (primary N) is 1. The standard InChI is InChI=1S/C11H6Cl2N2S/c12-7-2-1-6(3-8(7)13)10-4-9(15)11(5-14)16-10/h1-4H,15H2. The molecule has 1 heterocycles. The van der Waals surface area contributed by atoms with Crippen molar-refractivity contribution in [3.63, 3.8) is 0 Å². The highest BCUT2D eigenvalue weighted by Crippen LogP contribution is 2.35. The van der Waals surface area contributed by atoms with Crippen LogP contribution in [0, 0.1) is 11.3 Å². The van der Waals surface area contributed by atoms with Crippen molar-refractivity contribution < 1.29 is 0 Å². The van der Waals surface area contributed by atoms with Gasteiger partial charge in [0.1, 0.15) is 10.9 Å². The summed E-state index contributed by atoms with van der Waals surface area (Å²) < 4.78 is 0. The molecule has 0 radical (unpaired) electrons. The SMILES string of the molecule is N#Cc1sc(-c2ccc(Cl)c(Cl)c2)cc1N. The maximum atomic E-state index is 8.81. The van der Waals surface area contributed by atoms with E-state index in [1.165, 1.54) is 11.3 Å². The molecule has 1 aromatic heterocycles. The number of nitriles is 1. The van der Waals surface area contributed by atoms with Gasteiger partial charge in [-0.05, 0) is 23.8 Å². The Kier molecular flexibility index (Phi) is 3.06. The molecule has 0 aliphatic heterocycles. The molecule has 2 N–H and O–H groups in total. The average molecular weight is 269 g/mol. The highest BCUT2D eigenvalue weighted by molar-refractivity contribution is 7.16. The van der Waals surface area contributed by atoms with Crippen LogP contribution in [-0.4, -0.2) is 0 Å². The summed E-state index contributed by atoms with van der Waals surface area (Å²) in [5, 5.41) is 9.81. The van der Waals surface area contributed by atoms with E-state index in [-0.39, 0.29) is 0 Å². The van der Waals surface area contributed by atoms with E-state index in [4.69, 9.17) is 34.2 Å². The van der Waals surface area contributed by atoms with Gasteiger partial charge in [0.15, 0.2) is 0 Å². The third kappa shape index (κ3) is 2.00. The zero-order chi connectivity index (χ0) is 11.7. The van der Waals surface area contributed by atoms with Crippen LogP contribution in [0.25, 0.3) is 10.4 Å². The van der Waals surface area contributed by atoms with Gasteiger partial charge in [-0.15, -0.1) is 11.3 Å². The number of hydrogen-bond acceptors (Lipinski definition) is 3. The van der Waals surface area contributed by atoms with Gasteiger partial charge in [0.25, 0.3) is 0 Å². The summed E-state index contributed by atoms with van der Waals surface area (Å²) in [6.45, 7) is 0. The summed E-state index contributed by atoms with van der Waals surface area (Å²) >= 11 is 13.1. The zero-order valence-corrected chi connectivity index (χ0v) is 10.3. The third-order valence-corrected chi connectivity index (χ3v) is 3.91. The van der Waals surface area contributed by atoms with E-state index in [1.807, 2.05) is 12.1 Å². The van der Waals surface area contributed by atoms with E-state index in [1.54, 1.807) is 18.2 Å². The van der Waals surface area contributed by atoms with E-state index in [0.717, 1.165) is 10.4 Å². The van der Waals surface area contributed by atoms with Gasteiger partial charge in [0, 0.05) is 4.88 Å². The molecule has 0 unspecified atom stereocenters. The molecule has 0 saturated heterocycles. The molecule has 0 aliphatic carbocycles. The first kappa shape index (κ1) is 11.3. The zero-order valence-electron chi connectivity index (χ0n) is 8.00. The normalized spacial score (nSPS) is 10.1. The van der Waals surface area contributed by atoms with Crippen LogP contribution in [-0.2, 0) is 0 Å². The fraction of sp³-hybridized carbons (Fsp3) is 0. The average Bonchev–Trinajstić information content (AvgIpc) is 2.64. The number of thiophene rings is 1. The lowest BCUT2D eigenvalue weighted by atomic mass is 10.2. The van der Waals surface area contributed by atoms with Crippen molar-refractivity contribution in [1.29, 1.82) is 5.26 Å². The molecule has 0 saturated carbocycles. The van der Waals surface area contributed by atoms with E-state index in [9.17, 15) is 0 Å². The summed E-state index contributed by atoms with van der Waals surface area (Å²) in [5.41, 5.74) is 7.09. The summed E-state index contributed by atoms with van der Waals surface area (Å²) in [7, 11) is 0. The Morgan fingerprint density at radius 2 is 1.94 bits per heavy atom. The quantitative estimate of drug-likeness (QED) is 0.844. The molecule has 80 valence electrons. The molecule has 5 heteroatoms. The number of nitrogens with zero attached hydrogens (tertiary/aromatic N) is 1. The minimum Gasteiger partial charge on any atom is -0.397 e. The van der Waals surface area contributed by atoms with Crippen LogP contribution >= 0.6 is 34.5 Å². The van der Waals surface area contributed by atoms with Gasteiger partial charge in [-0.3, -0.25) is 0 Å². The Morgan fingerprint density at radius 1 is 1.19 bits per heavy atom. The smallest absolute Gasteiger partial charge is 0.128 e. The molecule has 2 aromatic rings. The summed E-state index contributed by atoms with van der Waals surface area (Å²) in [6.07, 6.45) is 0. The Hall–Kier alpha value is -1.21. The first-order valence-electron chi connectivity index (χ1n) is 4.36. The maximum absolute atomic E-state index is 8.81. The topological polar surface area (TPSA) is 49.8 Å². The highest BCUT2D eigenvalue weighted by atomic mass is 35.5. The molecular formula is C11H6Cl2N2S. The van der Waals surface area contributed by atoms with Crippen LogP contribution in [0.2, 0.25) is 10.0 Å². The first-order valence-corrected chi connectivity index (χ1v) is 5.94. The lowest BCUT2D eigenvalue weighted by molar-refractivity contribution is 1.52. The molecule has 0 bridgehead atoms. The monoisotopic (exact) mass is 268 g/mol. The molecule has 0 fully saturated rings. The van der Waals surface area contributed by atoms with Gasteiger partial charge in [-0.25, -0.2) is 0 Å². The fourth-order valence-electron chi connectivity index (χ4n) is 1.28. The van der Waals surface area contributed by atoms with E-state index in [2.05, 4.69) is 0 Å². The van der Waals surface area contributed by atoms with Crippen LogP contribution in [0.1, 0.15) is 4.88 Å². The Morgan fingerprint density at radius 3 is 2.50 bits per heavy atom. The van der Waals surface area contributed by atoms with Gasteiger partial charge >= 0.3 is 0 Å². The molecule has 2 nitrogen and oxygen atoms in total. The first-order chi connectivity index (χ1) is 7.61. The van der Waals surface area contributed by atoms with E-state index < -0.39 is 0 Å². The predicted molar refractivity (Wildman–Crippen MR) is 68.9 cm³/mol. The largest absolute Gasteiger partial charge is 0.397 e. The van der Waals surface area contributed by atoms with Gasteiger partial charge in [-0.2, -0.15) is 5.26 Å². The van der Waals surface area contributed by atoms with Crippen molar-refractivity contribution in [2.45, 2.75) is 0 Å². The Balaban J connectivity index is 2.51. The number of halogens is 2. The van der Waals surface area contributed by atoms with Gasteiger partial charge in [0.05, 0.1) is 15.7 Å². The second-order valence-corrected chi connectivity index (χ2v) is 5.00. The second kappa shape index (κ2) is 4.34. The minimum absolute atomic E-state index is 0.490. The molecule has 0 amide bonds. The fourth-order valence-corrected chi connectivity index (χ4v) is 2.46. The van der Waals surface area contributed by atoms with Crippen LogP contribution in [0.5, 0.6) is 0 Å². The summed E-state index contributed by atoms with van der Waals surface area (Å²) in [6, 6.07) is 9.14. The van der Waals surface area contributed by atoms with E-state index in [0.29, 0.717) is 20.6 Å². The molecule has 0 atom stereocenters. The third-order valence-electron chi connectivity index (χ3n) is 2.07. The van der Waals surface area contributed by atoms with Gasteiger partial charge in [0.2, 0.25) is 0 Å². The second-order valence-electron chi connectivity index (χ2n) is 3.14. The number of rotatable bonds is 1. The molecule has 2 rings (SSSR count). The molecule has 0 spiro atoms. The predicted octanol–water partition coefficient (Wildman–Crippen LogP) is 4.18. The van der Waals surface area contributed by atoms with Crippen molar-refractivity contribution in [3.8, 4) is 16.5 Å². The number of nitrogen functional groups attached to an aromatic ring is 1. The lowest BCUT2D eigenvalue weighted by Crippen LogP contribution is -1.81. The number of hydrogen-bond donors (Lipinski definition) is 1. The Bertz CT molecular complexity index is 584. The van der Waals surface area contributed by atoms with Gasteiger partial charge in [-0.1, -0.05) is 29.3 Å². The van der Waals surface area contributed by atoms with Gasteiger partial charge < -0.3 is 5.73 Å². The molecular weight excluding hydrogens is 263 g/mol. The summed E-state index contributed by atoms with van der Waals surface area (Å²) in [5.74, 6) is 0. The van der Waals surface area contributed by atoms with E-state index >= 15 is 0 Å². The minimum atomic E-state index is 0.490. The van der Waals surface area contributed by atoms with Crippen LogP contribution in [0.15, 0.2) is 24.3 Å². The van der Waals surface area contributed by atoms with Crippen molar-refractivity contribution in [2.24, 2.45) is 0 Å². The van der Waals surface area contributed by atoms with Crippen molar-refractivity contribution in [2.75, 3.05) is 5.73 Å². The maximum Gasteiger partial charge on any atom is 0.128 e. The number of benzene rings is 1. The number of anilines is 1. The van der Waals surface area contributed by atoms with Crippen molar-refractivity contribution >= 4 is 40.2 Å². The highest BCUT2D eigenvalue weighted by Gasteiger charge is 2.08. The molecule has 16 heavy (non-hydrogen) atoms. The lowest BCUT2D eigenvalue weighted by Gasteiger charge is -1.99. The van der Waals surface area contributed by atoms with Crippen molar-refractivity contribution in [3.05, 3.63) is 39.2 Å². The van der Waals surface area contributed by atoms with Crippen molar-refractivity contribution in [1.82, 2.24) is 0 Å². The van der Waals surface area contributed by atoms with Crippen LogP contribution in [0.4, 0.5) is 5.69 Å².